The maximum Gasteiger partial charge on any atom is 0.164 e. The summed E-state index contributed by atoms with van der Waals surface area (Å²) in [7, 11) is 2.00. The minimum absolute atomic E-state index is 0.482. The number of aromatic nitrogens is 4. The summed E-state index contributed by atoms with van der Waals surface area (Å²) in [6, 6.07) is 17.6. The predicted octanol–water partition coefficient (Wildman–Crippen LogP) is 4.46. The number of nitriles is 1. The highest BCUT2D eigenvalue weighted by molar-refractivity contribution is 5.88. The molecule has 32 heavy (non-hydrogen) atoms. The monoisotopic (exact) mass is 426 g/mol. The number of benzene rings is 2. The molecule has 0 unspecified atom stereocenters. The first-order valence-corrected chi connectivity index (χ1v) is 10.8. The lowest BCUT2D eigenvalue weighted by atomic mass is 10.1. The van der Waals surface area contributed by atoms with Crippen molar-refractivity contribution >= 4 is 16.9 Å². The van der Waals surface area contributed by atoms with Crippen LogP contribution in [0.5, 0.6) is 5.75 Å². The standard InChI is InChI=1S/C25H26N6O/c1-4-18-6-10-20(11-7-18)23-28-24(22-17-27-31(5-2)25(22)29-23)30(3)14-15-32-21-12-8-19(16-26)9-13-21/h6-13,17H,4-5,14-15H2,1-3H3. The van der Waals surface area contributed by atoms with Crippen molar-refractivity contribution in [3.05, 3.63) is 65.9 Å². The van der Waals surface area contributed by atoms with Crippen LogP contribution in [-0.4, -0.2) is 39.9 Å². The Morgan fingerprint density at radius 3 is 2.44 bits per heavy atom. The van der Waals surface area contributed by atoms with Crippen LogP contribution < -0.4 is 9.64 Å². The number of aryl methyl sites for hydroxylation is 2. The zero-order valence-corrected chi connectivity index (χ0v) is 18.6. The van der Waals surface area contributed by atoms with Crippen LogP contribution in [0.1, 0.15) is 25.0 Å². The van der Waals surface area contributed by atoms with Crippen LogP contribution in [0.25, 0.3) is 22.4 Å². The molecule has 0 aliphatic carbocycles. The first kappa shape index (κ1) is 21.3. The largest absolute Gasteiger partial charge is 0.492 e. The smallest absolute Gasteiger partial charge is 0.164 e. The van der Waals surface area contributed by atoms with Gasteiger partial charge in [-0.15, -0.1) is 0 Å². The van der Waals surface area contributed by atoms with Gasteiger partial charge in [0, 0.05) is 19.2 Å². The van der Waals surface area contributed by atoms with E-state index in [2.05, 4.69) is 54.2 Å². The number of rotatable bonds is 8. The third kappa shape index (κ3) is 4.40. The number of hydrogen-bond acceptors (Lipinski definition) is 6. The Balaban J connectivity index is 1.59. The van der Waals surface area contributed by atoms with Gasteiger partial charge in [0.2, 0.25) is 0 Å². The molecule has 7 heteroatoms. The van der Waals surface area contributed by atoms with E-state index in [9.17, 15) is 0 Å². The van der Waals surface area contributed by atoms with Crippen molar-refractivity contribution in [1.82, 2.24) is 19.7 Å². The zero-order valence-electron chi connectivity index (χ0n) is 18.6. The number of nitrogens with zero attached hydrogens (tertiary/aromatic N) is 6. The Hall–Kier alpha value is -3.92. The van der Waals surface area contributed by atoms with Gasteiger partial charge in [0.1, 0.15) is 18.2 Å². The van der Waals surface area contributed by atoms with Gasteiger partial charge >= 0.3 is 0 Å². The van der Waals surface area contributed by atoms with Crippen LogP contribution >= 0.6 is 0 Å². The molecule has 0 saturated heterocycles. The molecule has 0 aliphatic heterocycles. The van der Waals surface area contributed by atoms with E-state index in [1.165, 1.54) is 5.56 Å². The molecule has 2 heterocycles. The second-order valence-electron chi connectivity index (χ2n) is 7.53. The molecule has 0 N–H and O–H groups in total. The Bertz CT molecular complexity index is 1240. The number of likely N-dealkylation sites (N-methyl/N-ethyl adjacent to an activating group) is 1. The van der Waals surface area contributed by atoms with Gasteiger partial charge in [-0.1, -0.05) is 31.2 Å². The molecule has 4 rings (SSSR count). The molecule has 0 spiro atoms. The lowest BCUT2D eigenvalue weighted by molar-refractivity contribution is 0.326. The first-order valence-electron chi connectivity index (χ1n) is 10.8. The van der Waals surface area contributed by atoms with Crippen LogP contribution in [-0.2, 0) is 13.0 Å². The lowest BCUT2D eigenvalue weighted by Gasteiger charge is -2.20. The van der Waals surface area contributed by atoms with Gasteiger partial charge in [-0.3, -0.25) is 0 Å². The summed E-state index contributed by atoms with van der Waals surface area (Å²) in [5.41, 5.74) is 3.71. The maximum absolute atomic E-state index is 8.92. The quantitative estimate of drug-likeness (QED) is 0.414. The molecule has 2 aromatic heterocycles. The van der Waals surface area contributed by atoms with Crippen molar-refractivity contribution < 1.29 is 4.74 Å². The number of ether oxygens (including phenoxy) is 1. The van der Waals surface area contributed by atoms with Gasteiger partial charge in [-0.2, -0.15) is 10.4 Å². The Kier molecular flexibility index (Phi) is 6.31. The molecule has 0 aliphatic rings. The van der Waals surface area contributed by atoms with Crippen molar-refractivity contribution in [1.29, 1.82) is 5.26 Å². The molecule has 0 radical (unpaired) electrons. The fraction of sp³-hybridized carbons (Fsp3) is 0.280. The normalized spacial score (nSPS) is 10.8. The Morgan fingerprint density at radius 2 is 1.78 bits per heavy atom. The van der Waals surface area contributed by atoms with Crippen molar-refractivity contribution in [2.75, 3.05) is 25.1 Å². The summed E-state index contributed by atoms with van der Waals surface area (Å²) >= 11 is 0. The van der Waals surface area contributed by atoms with Crippen LogP contribution in [0.4, 0.5) is 5.82 Å². The van der Waals surface area contributed by atoms with Crippen LogP contribution in [0.3, 0.4) is 0 Å². The van der Waals surface area contributed by atoms with E-state index in [0.717, 1.165) is 41.1 Å². The molecule has 0 fully saturated rings. The van der Waals surface area contributed by atoms with E-state index in [1.54, 1.807) is 12.1 Å². The molecular formula is C25H26N6O. The van der Waals surface area contributed by atoms with Crippen LogP contribution in [0, 0.1) is 11.3 Å². The summed E-state index contributed by atoms with van der Waals surface area (Å²) in [5, 5.41) is 14.3. The topological polar surface area (TPSA) is 79.9 Å². The van der Waals surface area contributed by atoms with Gasteiger partial charge < -0.3 is 9.64 Å². The predicted molar refractivity (Wildman–Crippen MR) is 126 cm³/mol. The minimum atomic E-state index is 0.482. The molecule has 4 aromatic rings. The van der Waals surface area contributed by atoms with E-state index in [4.69, 9.17) is 20.0 Å². The highest BCUT2D eigenvalue weighted by Gasteiger charge is 2.16. The van der Waals surface area contributed by atoms with E-state index in [1.807, 2.05) is 30.1 Å². The Morgan fingerprint density at radius 1 is 1.03 bits per heavy atom. The van der Waals surface area contributed by atoms with E-state index >= 15 is 0 Å². The highest BCUT2D eigenvalue weighted by Crippen LogP contribution is 2.27. The van der Waals surface area contributed by atoms with Crippen LogP contribution in [0.2, 0.25) is 0 Å². The van der Waals surface area contributed by atoms with E-state index in [0.29, 0.717) is 24.5 Å². The summed E-state index contributed by atoms with van der Waals surface area (Å²) in [6.45, 7) is 6.05. The van der Waals surface area contributed by atoms with Gasteiger partial charge in [0.05, 0.1) is 29.8 Å². The first-order chi connectivity index (χ1) is 15.6. The Labute approximate surface area is 187 Å². The van der Waals surface area contributed by atoms with Gasteiger partial charge in [-0.05, 0) is 43.2 Å². The molecule has 7 nitrogen and oxygen atoms in total. The second-order valence-corrected chi connectivity index (χ2v) is 7.53. The highest BCUT2D eigenvalue weighted by atomic mass is 16.5. The third-order valence-electron chi connectivity index (χ3n) is 5.44. The zero-order chi connectivity index (χ0) is 22.5. The number of anilines is 1. The lowest BCUT2D eigenvalue weighted by Crippen LogP contribution is -2.25. The molecule has 0 bridgehead atoms. The number of hydrogen-bond donors (Lipinski definition) is 0. The van der Waals surface area contributed by atoms with Crippen molar-refractivity contribution in [3.8, 4) is 23.2 Å². The summed E-state index contributed by atoms with van der Waals surface area (Å²) in [5.74, 6) is 2.25. The molecule has 0 saturated carbocycles. The fourth-order valence-electron chi connectivity index (χ4n) is 3.51. The fourth-order valence-corrected chi connectivity index (χ4v) is 3.51. The summed E-state index contributed by atoms with van der Waals surface area (Å²) in [6.07, 6.45) is 2.83. The second kappa shape index (κ2) is 9.48. The average Bonchev–Trinajstić information content (AvgIpc) is 3.27. The number of fused-ring (bicyclic) bond motifs is 1. The third-order valence-corrected chi connectivity index (χ3v) is 5.44. The molecule has 0 amide bonds. The molecule has 2 aromatic carbocycles. The molecule has 162 valence electrons. The van der Waals surface area contributed by atoms with Gasteiger partial charge in [-0.25, -0.2) is 14.6 Å². The summed E-state index contributed by atoms with van der Waals surface area (Å²) < 4.78 is 7.76. The van der Waals surface area contributed by atoms with Crippen molar-refractivity contribution in [2.24, 2.45) is 0 Å². The SMILES string of the molecule is CCc1ccc(-c2nc(N(C)CCOc3ccc(C#N)cc3)c3cnn(CC)c3n2)cc1. The molecular weight excluding hydrogens is 400 g/mol. The summed E-state index contributed by atoms with van der Waals surface area (Å²) in [4.78, 5) is 11.8. The van der Waals surface area contributed by atoms with E-state index in [-0.39, 0.29) is 0 Å². The van der Waals surface area contributed by atoms with Crippen molar-refractivity contribution in [3.63, 3.8) is 0 Å². The van der Waals surface area contributed by atoms with E-state index < -0.39 is 0 Å². The minimum Gasteiger partial charge on any atom is -0.492 e. The van der Waals surface area contributed by atoms with Gasteiger partial charge in [0.25, 0.3) is 0 Å². The van der Waals surface area contributed by atoms with Gasteiger partial charge in [0.15, 0.2) is 11.5 Å². The molecule has 0 atom stereocenters. The van der Waals surface area contributed by atoms with Crippen LogP contribution in [0.15, 0.2) is 54.7 Å². The van der Waals surface area contributed by atoms with Crippen molar-refractivity contribution in [2.45, 2.75) is 26.8 Å². The maximum atomic E-state index is 8.92. The average molecular weight is 427 g/mol.